The Morgan fingerprint density at radius 3 is 2.26 bits per heavy atom. The third-order valence-electron chi connectivity index (χ3n) is 2.61. The van der Waals surface area contributed by atoms with Crippen LogP contribution in [0.15, 0.2) is 24.3 Å². The van der Waals surface area contributed by atoms with Crippen LogP contribution < -0.4 is 4.74 Å². The van der Waals surface area contributed by atoms with Gasteiger partial charge in [0.2, 0.25) is 0 Å². The molecule has 0 spiro atoms. The fourth-order valence-corrected chi connectivity index (χ4v) is 1.50. The molecular formula is C14H18O5. The Labute approximate surface area is 112 Å². The van der Waals surface area contributed by atoms with Crippen molar-refractivity contribution in [1.82, 2.24) is 0 Å². The number of aryl methyl sites for hydroxylation is 1. The molecule has 0 N–H and O–H groups in total. The first kappa shape index (κ1) is 15.0. The Morgan fingerprint density at radius 1 is 1.11 bits per heavy atom. The van der Waals surface area contributed by atoms with E-state index in [2.05, 4.69) is 9.47 Å². The molecule has 1 aromatic carbocycles. The van der Waals surface area contributed by atoms with Crippen LogP contribution in [0.4, 0.5) is 0 Å². The zero-order valence-corrected chi connectivity index (χ0v) is 11.3. The molecule has 1 atom stereocenters. The number of rotatable bonds is 6. The lowest BCUT2D eigenvalue weighted by molar-refractivity contribution is -0.148. The monoisotopic (exact) mass is 266 g/mol. The SMILES string of the molecule is COC(=O)CCc1ccc(OC(C)C(=O)OC)cc1. The van der Waals surface area contributed by atoms with Gasteiger partial charge >= 0.3 is 11.9 Å². The molecule has 1 rings (SSSR count). The van der Waals surface area contributed by atoms with Gasteiger partial charge in [0.15, 0.2) is 6.10 Å². The number of benzene rings is 1. The summed E-state index contributed by atoms with van der Waals surface area (Å²) >= 11 is 0. The van der Waals surface area contributed by atoms with Crippen LogP contribution in [0, 0.1) is 0 Å². The minimum absolute atomic E-state index is 0.236. The Morgan fingerprint density at radius 2 is 1.74 bits per heavy atom. The smallest absolute Gasteiger partial charge is 0.346 e. The Balaban J connectivity index is 2.52. The zero-order valence-electron chi connectivity index (χ0n) is 11.3. The van der Waals surface area contributed by atoms with E-state index in [9.17, 15) is 9.59 Å². The van der Waals surface area contributed by atoms with Crippen LogP contribution in [0.25, 0.3) is 0 Å². The van der Waals surface area contributed by atoms with Crippen molar-refractivity contribution in [2.75, 3.05) is 14.2 Å². The number of carbonyl (C=O) groups excluding carboxylic acids is 2. The van der Waals surface area contributed by atoms with E-state index in [0.29, 0.717) is 18.6 Å². The molecule has 0 heterocycles. The van der Waals surface area contributed by atoms with E-state index in [0.717, 1.165) is 5.56 Å². The summed E-state index contributed by atoms with van der Waals surface area (Å²) in [5.41, 5.74) is 1.00. The standard InChI is InChI=1S/C14H18O5/c1-10(14(16)18-3)19-12-7-4-11(5-8-12)6-9-13(15)17-2/h4-5,7-8,10H,6,9H2,1-3H3. The summed E-state index contributed by atoms with van der Waals surface area (Å²) < 4.78 is 14.5. The predicted octanol–water partition coefficient (Wildman–Crippen LogP) is 1.73. The van der Waals surface area contributed by atoms with Gasteiger partial charge in [-0.05, 0) is 31.0 Å². The summed E-state index contributed by atoms with van der Waals surface area (Å²) in [7, 11) is 2.69. The zero-order chi connectivity index (χ0) is 14.3. The van der Waals surface area contributed by atoms with Gasteiger partial charge in [0.1, 0.15) is 5.75 Å². The van der Waals surface area contributed by atoms with Gasteiger partial charge in [0.05, 0.1) is 14.2 Å². The molecule has 0 saturated heterocycles. The highest BCUT2D eigenvalue weighted by Crippen LogP contribution is 2.15. The van der Waals surface area contributed by atoms with Crippen molar-refractivity contribution in [2.24, 2.45) is 0 Å². The third-order valence-corrected chi connectivity index (χ3v) is 2.61. The van der Waals surface area contributed by atoms with Crippen LogP contribution in [-0.4, -0.2) is 32.3 Å². The molecular weight excluding hydrogens is 248 g/mol. The molecule has 104 valence electrons. The molecule has 0 radical (unpaired) electrons. The lowest BCUT2D eigenvalue weighted by Gasteiger charge is -2.12. The summed E-state index contributed by atoms with van der Waals surface area (Å²) in [6.45, 7) is 1.62. The third kappa shape index (κ3) is 4.99. The van der Waals surface area contributed by atoms with Gasteiger partial charge in [-0.25, -0.2) is 4.79 Å². The van der Waals surface area contributed by atoms with Crippen LogP contribution in [0.5, 0.6) is 5.75 Å². The highest BCUT2D eigenvalue weighted by atomic mass is 16.6. The molecule has 0 fully saturated rings. The average molecular weight is 266 g/mol. The highest BCUT2D eigenvalue weighted by Gasteiger charge is 2.14. The molecule has 5 nitrogen and oxygen atoms in total. The van der Waals surface area contributed by atoms with Crippen LogP contribution in [0.1, 0.15) is 18.9 Å². The van der Waals surface area contributed by atoms with Gasteiger partial charge in [-0.3, -0.25) is 4.79 Å². The lowest BCUT2D eigenvalue weighted by atomic mass is 10.1. The summed E-state index contributed by atoms with van der Waals surface area (Å²) in [5, 5.41) is 0. The molecule has 0 aliphatic rings. The highest BCUT2D eigenvalue weighted by molar-refractivity contribution is 5.74. The van der Waals surface area contributed by atoms with Crippen molar-refractivity contribution in [3.05, 3.63) is 29.8 Å². The van der Waals surface area contributed by atoms with Crippen molar-refractivity contribution in [1.29, 1.82) is 0 Å². The minimum Gasteiger partial charge on any atom is -0.479 e. The summed E-state index contributed by atoms with van der Waals surface area (Å²) in [4.78, 5) is 22.2. The predicted molar refractivity (Wildman–Crippen MR) is 68.9 cm³/mol. The van der Waals surface area contributed by atoms with Gasteiger partial charge in [0, 0.05) is 6.42 Å². The molecule has 19 heavy (non-hydrogen) atoms. The first-order chi connectivity index (χ1) is 9.06. The second-order valence-corrected chi connectivity index (χ2v) is 4.00. The second kappa shape index (κ2) is 7.41. The first-order valence-corrected chi connectivity index (χ1v) is 5.97. The molecule has 0 bridgehead atoms. The maximum Gasteiger partial charge on any atom is 0.346 e. The van der Waals surface area contributed by atoms with E-state index >= 15 is 0 Å². The van der Waals surface area contributed by atoms with Gasteiger partial charge < -0.3 is 14.2 Å². The molecule has 0 aliphatic carbocycles. The van der Waals surface area contributed by atoms with Crippen LogP contribution in [0.2, 0.25) is 0 Å². The van der Waals surface area contributed by atoms with E-state index in [1.165, 1.54) is 14.2 Å². The number of esters is 2. The summed E-state index contributed by atoms with van der Waals surface area (Å²) in [6.07, 6.45) is 0.306. The summed E-state index contributed by atoms with van der Waals surface area (Å²) in [6, 6.07) is 7.21. The number of ether oxygens (including phenoxy) is 3. The molecule has 0 saturated carbocycles. The molecule has 0 aliphatic heterocycles. The fourth-order valence-electron chi connectivity index (χ4n) is 1.50. The number of hydrogen-bond donors (Lipinski definition) is 0. The maximum atomic E-state index is 11.2. The molecule has 5 heteroatoms. The van der Waals surface area contributed by atoms with Crippen molar-refractivity contribution in [3.63, 3.8) is 0 Å². The normalized spacial score (nSPS) is 11.5. The lowest BCUT2D eigenvalue weighted by Crippen LogP contribution is -2.24. The first-order valence-electron chi connectivity index (χ1n) is 5.97. The maximum absolute atomic E-state index is 11.2. The number of hydrogen-bond acceptors (Lipinski definition) is 5. The topological polar surface area (TPSA) is 61.8 Å². The molecule has 0 amide bonds. The van der Waals surface area contributed by atoms with Crippen LogP contribution in [0.3, 0.4) is 0 Å². The Hall–Kier alpha value is -2.04. The van der Waals surface area contributed by atoms with E-state index < -0.39 is 12.1 Å². The minimum atomic E-state index is -0.647. The van der Waals surface area contributed by atoms with Crippen molar-refractivity contribution in [3.8, 4) is 5.75 Å². The van der Waals surface area contributed by atoms with Crippen LogP contribution in [-0.2, 0) is 25.5 Å². The largest absolute Gasteiger partial charge is 0.479 e. The Kier molecular flexibility index (Phi) is 5.85. The number of methoxy groups -OCH3 is 2. The van der Waals surface area contributed by atoms with Crippen LogP contribution >= 0.6 is 0 Å². The van der Waals surface area contributed by atoms with E-state index in [4.69, 9.17) is 4.74 Å². The fraction of sp³-hybridized carbons (Fsp3) is 0.429. The second-order valence-electron chi connectivity index (χ2n) is 4.00. The molecule has 1 unspecified atom stereocenters. The summed E-state index contributed by atoms with van der Waals surface area (Å²) in [5.74, 6) is -0.0749. The Bertz CT molecular complexity index is 424. The molecule has 1 aromatic rings. The van der Waals surface area contributed by atoms with Crippen molar-refractivity contribution in [2.45, 2.75) is 25.9 Å². The van der Waals surface area contributed by atoms with Gasteiger partial charge in [0.25, 0.3) is 0 Å². The molecule has 0 aromatic heterocycles. The van der Waals surface area contributed by atoms with E-state index in [1.54, 1.807) is 19.1 Å². The van der Waals surface area contributed by atoms with Gasteiger partial charge in [-0.15, -0.1) is 0 Å². The number of carbonyl (C=O) groups is 2. The van der Waals surface area contributed by atoms with Gasteiger partial charge in [-0.2, -0.15) is 0 Å². The van der Waals surface area contributed by atoms with Crippen molar-refractivity contribution < 1.29 is 23.8 Å². The average Bonchev–Trinajstić information content (AvgIpc) is 2.45. The van der Waals surface area contributed by atoms with E-state index in [-0.39, 0.29) is 5.97 Å². The van der Waals surface area contributed by atoms with Crippen molar-refractivity contribution >= 4 is 11.9 Å². The van der Waals surface area contributed by atoms with E-state index in [1.807, 2.05) is 12.1 Å². The van der Waals surface area contributed by atoms with Gasteiger partial charge in [-0.1, -0.05) is 12.1 Å². The quantitative estimate of drug-likeness (QED) is 0.734.